The fourth-order valence-corrected chi connectivity index (χ4v) is 3.22. The Morgan fingerprint density at radius 2 is 1.68 bits per heavy atom. The number of hydrogen-bond donors (Lipinski definition) is 0. The standard InChI is InChI=1S/C20H30N2O3/c1-4-21(5-2)15-16-7-9-17(10-8-16)19(23)22-13-11-18(12-14-22)20(24)25-6-3/h7-10,18H,4-6,11-15H2,1-3H3. The van der Waals surface area contributed by atoms with Crippen molar-refractivity contribution in [3.05, 3.63) is 35.4 Å². The Hall–Kier alpha value is -1.88. The van der Waals surface area contributed by atoms with Crippen molar-refractivity contribution < 1.29 is 14.3 Å². The molecule has 1 aliphatic rings. The molecule has 0 spiro atoms. The summed E-state index contributed by atoms with van der Waals surface area (Å²) in [6.45, 7) is 10.7. The zero-order chi connectivity index (χ0) is 18.2. The largest absolute Gasteiger partial charge is 0.466 e. The Balaban J connectivity index is 1.90. The quantitative estimate of drug-likeness (QED) is 0.712. The van der Waals surface area contributed by atoms with Crippen molar-refractivity contribution in [3.8, 4) is 0 Å². The van der Waals surface area contributed by atoms with Gasteiger partial charge in [0.1, 0.15) is 0 Å². The average molecular weight is 346 g/mol. The first-order valence-electron chi connectivity index (χ1n) is 9.36. The molecular formula is C20H30N2O3. The lowest BCUT2D eigenvalue weighted by Crippen LogP contribution is -2.40. The van der Waals surface area contributed by atoms with Gasteiger partial charge in [0.2, 0.25) is 0 Å². The first-order valence-corrected chi connectivity index (χ1v) is 9.36. The second-order valence-corrected chi connectivity index (χ2v) is 6.48. The molecule has 5 nitrogen and oxygen atoms in total. The molecule has 5 heteroatoms. The van der Waals surface area contributed by atoms with E-state index in [1.54, 1.807) is 0 Å². The number of nitrogens with zero attached hydrogens (tertiary/aromatic N) is 2. The lowest BCUT2D eigenvalue weighted by Gasteiger charge is -2.31. The Kier molecular flexibility index (Phi) is 7.44. The Morgan fingerprint density at radius 3 is 2.20 bits per heavy atom. The summed E-state index contributed by atoms with van der Waals surface area (Å²) in [4.78, 5) is 28.6. The molecule has 0 radical (unpaired) electrons. The third-order valence-electron chi connectivity index (χ3n) is 4.90. The molecule has 0 aromatic heterocycles. The van der Waals surface area contributed by atoms with Crippen LogP contribution in [0.4, 0.5) is 0 Å². The molecule has 1 heterocycles. The lowest BCUT2D eigenvalue weighted by molar-refractivity contribution is -0.149. The molecule has 2 rings (SSSR count). The maximum atomic E-state index is 12.6. The molecular weight excluding hydrogens is 316 g/mol. The molecule has 1 aromatic rings. The fourth-order valence-electron chi connectivity index (χ4n) is 3.22. The van der Waals surface area contributed by atoms with Crippen LogP contribution >= 0.6 is 0 Å². The molecule has 1 fully saturated rings. The molecule has 0 unspecified atom stereocenters. The highest BCUT2D eigenvalue weighted by molar-refractivity contribution is 5.94. The van der Waals surface area contributed by atoms with E-state index < -0.39 is 0 Å². The number of carbonyl (C=O) groups excluding carboxylic acids is 2. The number of benzene rings is 1. The highest BCUT2D eigenvalue weighted by Gasteiger charge is 2.28. The second kappa shape index (κ2) is 9.56. The van der Waals surface area contributed by atoms with Gasteiger partial charge in [-0.25, -0.2) is 0 Å². The highest BCUT2D eigenvalue weighted by atomic mass is 16.5. The van der Waals surface area contributed by atoms with Gasteiger partial charge < -0.3 is 9.64 Å². The van der Waals surface area contributed by atoms with E-state index in [-0.39, 0.29) is 17.8 Å². The second-order valence-electron chi connectivity index (χ2n) is 6.48. The molecule has 138 valence electrons. The van der Waals surface area contributed by atoms with Crippen LogP contribution in [0, 0.1) is 5.92 Å². The fraction of sp³-hybridized carbons (Fsp3) is 0.600. The van der Waals surface area contributed by atoms with Crippen molar-refractivity contribution in [2.45, 2.75) is 40.2 Å². The van der Waals surface area contributed by atoms with Gasteiger partial charge in [0.05, 0.1) is 12.5 Å². The molecule has 0 aliphatic carbocycles. The Morgan fingerprint density at radius 1 is 1.08 bits per heavy atom. The number of amides is 1. The number of ether oxygens (including phenoxy) is 1. The van der Waals surface area contributed by atoms with Crippen LogP contribution in [0.3, 0.4) is 0 Å². The van der Waals surface area contributed by atoms with E-state index in [1.165, 1.54) is 5.56 Å². The van der Waals surface area contributed by atoms with Crippen molar-refractivity contribution in [2.24, 2.45) is 5.92 Å². The highest BCUT2D eigenvalue weighted by Crippen LogP contribution is 2.20. The van der Waals surface area contributed by atoms with Crippen LogP contribution in [0.1, 0.15) is 49.5 Å². The third kappa shape index (κ3) is 5.30. The molecule has 1 saturated heterocycles. The molecule has 0 atom stereocenters. The van der Waals surface area contributed by atoms with Crippen molar-refractivity contribution in [1.82, 2.24) is 9.80 Å². The molecule has 0 bridgehead atoms. The van der Waals surface area contributed by atoms with E-state index in [4.69, 9.17) is 4.74 Å². The van der Waals surface area contributed by atoms with E-state index in [0.29, 0.717) is 32.5 Å². The van der Waals surface area contributed by atoms with Crippen LogP contribution in [0.15, 0.2) is 24.3 Å². The summed E-state index contributed by atoms with van der Waals surface area (Å²) in [7, 11) is 0. The summed E-state index contributed by atoms with van der Waals surface area (Å²) in [6, 6.07) is 7.91. The number of piperidine rings is 1. The molecule has 1 amide bonds. The first-order chi connectivity index (χ1) is 12.1. The number of rotatable bonds is 7. The van der Waals surface area contributed by atoms with Gasteiger partial charge in [-0.2, -0.15) is 0 Å². The van der Waals surface area contributed by atoms with Crippen LogP contribution in [0.2, 0.25) is 0 Å². The van der Waals surface area contributed by atoms with E-state index in [1.807, 2.05) is 36.1 Å². The predicted molar refractivity (Wildman–Crippen MR) is 98.3 cm³/mol. The smallest absolute Gasteiger partial charge is 0.309 e. The van der Waals surface area contributed by atoms with Gasteiger partial charge in [0, 0.05) is 25.2 Å². The Labute approximate surface area is 150 Å². The van der Waals surface area contributed by atoms with E-state index in [0.717, 1.165) is 25.2 Å². The summed E-state index contributed by atoms with van der Waals surface area (Å²) < 4.78 is 5.08. The minimum absolute atomic E-state index is 0.0525. The maximum absolute atomic E-state index is 12.6. The maximum Gasteiger partial charge on any atom is 0.309 e. The van der Waals surface area contributed by atoms with Crippen LogP contribution in [-0.2, 0) is 16.1 Å². The summed E-state index contributed by atoms with van der Waals surface area (Å²) in [5.74, 6) is -0.146. The third-order valence-corrected chi connectivity index (χ3v) is 4.90. The van der Waals surface area contributed by atoms with Gasteiger partial charge in [-0.1, -0.05) is 26.0 Å². The van der Waals surface area contributed by atoms with E-state index in [9.17, 15) is 9.59 Å². The summed E-state index contributed by atoms with van der Waals surface area (Å²) in [6.07, 6.45) is 1.37. The van der Waals surface area contributed by atoms with Crippen LogP contribution in [0.5, 0.6) is 0 Å². The van der Waals surface area contributed by atoms with Gasteiger partial charge in [-0.15, -0.1) is 0 Å². The normalized spacial score (nSPS) is 15.4. The Bertz CT molecular complexity index is 559. The summed E-state index contributed by atoms with van der Waals surface area (Å²) in [5.41, 5.74) is 1.94. The first kappa shape index (κ1) is 19.4. The van der Waals surface area contributed by atoms with Crippen LogP contribution in [-0.4, -0.2) is 54.5 Å². The van der Waals surface area contributed by atoms with E-state index in [2.05, 4.69) is 18.7 Å². The van der Waals surface area contributed by atoms with Crippen LogP contribution in [0.25, 0.3) is 0 Å². The zero-order valence-electron chi connectivity index (χ0n) is 15.7. The number of carbonyl (C=O) groups is 2. The van der Waals surface area contributed by atoms with Gasteiger partial charge in [-0.3, -0.25) is 14.5 Å². The topological polar surface area (TPSA) is 49.9 Å². The minimum atomic E-state index is -0.129. The molecule has 1 aromatic carbocycles. The zero-order valence-corrected chi connectivity index (χ0v) is 15.7. The van der Waals surface area contributed by atoms with Crippen molar-refractivity contribution in [1.29, 1.82) is 0 Å². The van der Waals surface area contributed by atoms with Crippen molar-refractivity contribution >= 4 is 11.9 Å². The SMILES string of the molecule is CCOC(=O)C1CCN(C(=O)c2ccc(CN(CC)CC)cc2)CC1. The van der Waals surface area contributed by atoms with Crippen LogP contribution < -0.4 is 0 Å². The van der Waals surface area contributed by atoms with Gasteiger partial charge in [0.15, 0.2) is 0 Å². The molecule has 0 N–H and O–H groups in total. The van der Waals surface area contributed by atoms with Gasteiger partial charge >= 0.3 is 5.97 Å². The van der Waals surface area contributed by atoms with Crippen molar-refractivity contribution in [2.75, 3.05) is 32.8 Å². The minimum Gasteiger partial charge on any atom is -0.466 e. The summed E-state index contributed by atoms with van der Waals surface area (Å²) in [5, 5.41) is 0. The van der Waals surface area contributed by atoms with Gasteiger partial charge in [-0.05, 0) is 50.6 Å². The molecule has 25 heavy (non-hydrogen) atoms. The number of hydrogen-bond acceptors (Lipinski definition) is 4. The monoisotopic (exact) mass is 346 g/mol. The van der Waals surface area contributed by atoms with Crippen molar-refractivity contribution in [3.63, 3.8) is 0 Å². The van der Waals surface area contributed by atoms with E-state index >= 15 is 0 Å². The number of likely N-dealkylation sites (tertiary alicyclic amines) is 1. The number of esters is 1. The lowest BCUT2D eigenvalue weighted by atomic mass is 9.96. The molecule has 0 saturated carbocycles. The van der Waals surface area contributed by atoms with Gasteiger partial charge in [0.25, 0.3) is 5.91 Å². The summed E-state index contributed by atoms with van der Waals surface area (Å²) >= 11 is 0. The predicted octanol–water partition coefficient (Wildman–Crippen LogP) is 2.94. The average Bonchev–Trinajstić information content (AvgIpc) is 2.66. The molecule has 1 aliphatic heterocycles.